The van der Waals surface area contributed by atoms with Crippen LogP contribution in [-0.2, 0) is 4.74 Å². The lowest BCUT2D eigenvalue weighted by Gasteiger charge is -2.30. The highest BCUT2D eigenvalue weighted by atomic mass is 16.5. The third-order valence-electron chi connectivity index (χ3n) is 4.63. The standard InChI is InChI=1S/C20H22N4O3/c25-19(21-14-8-9-14)16-5-3-6-17(22-16)20(26)23-15-4-1-2-7-18(15)24-10-12-27-13-11-24/h1-7,14H,8-13H2,(H,21,25)(H,23,26). The Morgan fingerprint density at radius 2 is 1.67 bits per heavy atom. The first-order chi connectivity index (χ1) is 13.2. The summed E-state index contributed by atoms with van der Waals surface area (Å²) in [5.41, 5.74) is 2.15. The van der Waals surface area contributed by atoms with Crippen LogP contribution in [0.4, 0.5) is 11.4 Å². The molecule has 1 aromatic carbocycles. The second kappa shape index (κ2) is 7.75. The van der Waals surface area contributed by atoms with E-state index >= 15 is 0 Å². The van der Waals surface area contributed by atoms with Crippen LogP contribution < -0.4 is 15.5 Å². The number of morpholine rings is 1. The monoisotopic (exact) mass is 366 g/mol. The molecule has 140 valence electrons. The molecule has 1 saturated carbocycles. The Kier molecular flexibility index (Phi) is 5.02. The van der Waals surface area contributed by atoms with Gasteiger partial charge in [-0.15, -0.1) is 0 Å². The van der Waals surface area contributed by atoms with Crippen molar-refractivity contribution in [2.75, 3.05) is 36.5 Å². The van der Waals surface area contributed by atoms with Crippen molar-refractivity contribution in [3.63, 3.8) is 0 Å². The number of amides is 2. The molecule has 1 saturated heterocycles. The van der Waals surface area contributed by atoms with Gasteiger partial charge in [0, 0.05) is 19.1 Å². The molecule has 27 heavy (non-hydrogen) atoms. The lowest BCUT2D eigenvalue weighted by Crippen LogP contribution is -2.36. The minimum absolute atomic E-state index is 0.218. The van der Waals surface area contributed by atoms with E-state index in [0.717, 1.165) is 37.3 Å². The number of carbonyl (C=O) groups is 2. The normalized spacial score (nSPS) is 16.7. The summed E-state index contributed by atoms with van der Waals surface area (Å²) < 4.78 is 5.40. The number of ether oxygens (including phenoxy) is 1. The third kappa shape index (κ3) is 4.25. The third-order valence-corrected chi connectivity index (χ3v) is 4.63. The second-order valence-corrected chi connectivity index (χ2v) is 6.73. The van der Waals surface area contributed by atoms with E-state index in [1.165, 1.54) is 0 Å². The average Bonchev–Trinajstić information content (AvgIpc) is 3.53. The maximum absolute atomic E-state index is 12.7. The van der Waals surface area contributed by atoms with Gasteiger partial charge in [0.2, 0.25) is 0 Å². The van der Waals surface area contributed by atoms with Gasteiger partial charge in [0.25, 0.3) is 11.8 Å². The number of benzene rings is 1. The van der Waals surface area contributed by atoms with Crippen molar-refractivity contribution in [2.45, 2.75) is 18.9 Å². The fourth-order valence-corrected chi connectivity index (χ4v) is 3.02. The van der Waals surface area contributed by atoms with Gasteiger partial charge in [0.05, 0.1) is 24.6 Å². The fraction of sp³-hybridized carbons (Fsp3) is 0.350. The number of nitrogens with zero attached hydrogens (tertiary/aromatic N) is 2. The number of nitrogens with one attached hydrogen (secondary N) is 2. The first-order valence-electron chi connectivity index (χ1n) is 9.22. The van der Waals surface area contributed by atoms with Crippen LogP contribution in [-0.4, -0.2) is 49.1 Å². The summed E-state index contributed by atoms with van der Waals surface area (Å²) in [5.74, 6) is -0.572. The number of hydrogen-bond donors (Lipinski definition) is 2. The van der Waals surface area contributed by atoms with Gasteiger partial charge >= 0.3 is 0 Å². The maximum atomic E-state index is 12.7. The molecule has 0 atom stereocenters. The molecule has 2 N–H and O–H groups in total. The molecule has 0 radical (unpaired) electrons. The van der Waals surface area contributed by atoms with Crippen molar-refractivity contribution in [1.82, 2.24) is 10.3 Å². The summed E-state index contributed by atoms with van der Waals surface area (Å²) in [4.78, 5) is 31.3. The zero-order valence-corrected chi connectivity index (χ0v) is 15.0. The smallest absolute Gasteiger partial charge is 0.274 e. The predicted octanol–water partition coefficient (Wildman–Crippen LogP) is 2.06. The van der Waals surface area contributed by atoms with Crippen molar-refractivity contribution < 1.29 is 14.3 Å². The van der Waals surface area contributed by atoms with Gasteiger partial charge in [-0.25, -0.2) is 4.98 Å². The van der Waals surface area contributed by atoms with E-state index in [1.54, 1.807) is 18.2 Å². The summed E-state index contributed by atoms with van der Waals surface area (Å²) in [7, 11) is 0. The SMILES string of the molecule is O=C(Nc1ccccc1N1CCOCC1)c1cccc(C(=O)NC2CC2)n1. The minimum Gasteiger partial charge on any atom is -0.378 e. The number of para-hydroxylation sites is 2. The zero-order chi connectivity index (χ0) is 18.6. The molecule has 2 heterocycles. The van der Waals surface area contributed by atoms with E-state index in [1.807, 2.05) is 24.3 Å². The van der Waals surface area contributed by atoms with Gasteiger partial charge in [-0.3, -0.25) is 9.59 Å². The molecule has 4 rings (SSSR count). The molecule has 1 aromatic heterocycles. The zero-order valence-electron chi connectivity index (χ0n) is 15.0. The molecule has 2 aliphatic rings. The first kappa shape index (κ1) is 17.5. The molecule has 2 aromatic rings. The van der Waals surface area contributed by atoms with Crippen LogP contribution in [0.3, 0.4) is 0 Å². The Labute approximate surface area is 157 Å². The number of hydrogen-bond acceptors (Lipinski definition) is 5. The Morgan fingerprint density at radius 1 is 0.963 bits per heavy atom. The number of aromatic nitrogens is 1. The second-order valence-electron chi connectivity index (χ2n) is 6.73. The molecule has 1 aliphatic carbocycles. The number of rotatable bonds is 5. The van der Waals surface area contributed by atoms with Crippen LogP contribution in [0.1, 0.15) is 33.8 Å². The van der Waals surface area contributed by atoms with Gasteiger partial charge in [-0.2, -0.15) is 0 Å². The van der Waals surface area contributed by atoms with E-state index < -0.39 is 0 Å². The highest BCUT2D eigenvalue weighted by molar-refractivity contribution is 6.05. The van der Waals surface area contributed by atoms with Crippen LogP contribution in [0.2, 0.25) is 0 Å². The van der Waals surface area contributed by atoms with Crippen LogP contribution >= 0.6 is 0 Å². The molecule has 1 aliphatic heterocycles. The van der Waals surface area contributed by atoms with Gasteiger partial charge in [0.15, 0.2) is 0 Å². The summed E-state index contributed by atoms with van der Waals surface area (Å²) >= 11 is 0. The first-order valence-corrected chi connectivity index (χ1v) is 9.22. The Balaban J connectivity index is 1.50. The Hall–Kier alpha value is -2.93. The van der Waals surface area contributed by atoms with Crippen LogP contribution in [0.25, 0.3) is 0 Å². The number of pyridine rings is 1. The summed E-state index contributed by atoms with van der Waals surface area (Å²) in [6.07, 6.45) is 2.01. The molecular weight excluding hydrogens is 344 g/mol. The fourth-order valence-electron chi connectivity index (χ4n) is 3.02. The van der Waals surface area contributed by atoms with Crippen molar-refractivity contribution >= 4 is 23.2 Å². The van der Waals surface area contributed by atoms with E-state index in [-0.39, 0.29) is 29.2 Å². The highest BCUT2D eigenvalue weighted by Gasteiger charge is 2.24. The van der Waals surface area contributed by atoms with Crippen molar-refractivity contribution in [1.29, 1.82) is 0 Å². The van der Waals surface area contributed by atoms with Gasteiger partial charge in [-0.05, 0) is 37.1 Å². The highest BCUT2D eigenvalue weighted by Crippen LogP contribution is 2.26. The van der Waals surface area contributed by atoms with Crippen LogP contribution in [0, 0.1) is 0 Å². The van der Waals surface area contributed by atoms with E-state index in [4.69, 9.17) is 4.74 Å². The van der Waals surface area contributed by atoms with Gasteiger partial charge < -0.3 is 20.3 Å². The van der Waals surface area contributed by atoms with Crippen molar-refractivity contribution in [3.05, 3.63) is 53.9 Å². The van der Waals surface area contributed by atoms with Gasteiger partial charge in [0.1, 0.15) is 11.4 Å². The minimum atomic E-state index is -0.336. The maximum Gasteiger partial charge on any atom is 0.274 e. The number of anilines is 2. The van der Waals surface area contributed by atoms with Crippen LogP contribution in [0.15, 0.2) is 42.5 Å². The lowest BCUT2D eigenvalue weighted by molar-refractivity contribution is 0.0946. The van der Waals surface area contributed by atoms with E-state index in [0.29, 0.717) is 13.2 Å². The molecular formula is C20H22N4O3. The molecule has 0 unspecified atom stereocenters. The quantitative estimate of drug-likeness (QED) is 0.846. The number of carbonyl (C=O) groups excluding carboxylic acids is 2. The van der Waals surface area contributed by atoms with Crippen molar-refractivity contribution in [3.8, 4) is 0 Å². The van der Waals surface area contributed by atoms with E-state index in [9.17, 15) is 9.59 Å². The molecule has 7 heteroatoms. The molecule has 0 spiro atoms. The molecule has 7 nitrogen and oxygen atoms in total. The topological polar surface area (TPSA) is 83.6 Å². The van der Waals surface area contributed by atoms with E-state index in [2.05, 4.69) is 20.5 Å². The van der Waals surface area contributed by atoms with Crippen LogP contribution in [0.5, 0.6) is 0 Å². The Bertz CT molecular complexity index is 845. The summed E-state index contributed by atoms with van der Waals surface area (Å²) in [5, 5.41) is 5.81. The van der Waals surface area contributed by atoms with Crippen molar-refractivity contribution in [2.24, 2.45) is 0 Å². The summed E-state index contributed by atoms with van der Waals surface area (Å²) in [6.45, 7) is 2.90. The molecule has 2 amide bonds. The largest absolute Gasteiger partial charge is 0.378 e. The lowest BCUT2D eigenvalue weighted by atomic mass is 10.2. The predicted molar refractivity (Wildman–Crippen MR) is 102 cm³/mol. The average molecular weight is 366 g/mol. The molecule has 2 fully saturated rings. The Morgan fingerprint density at radius 3 is 2.41 bits per heavy atom. The summed E-state index contributed by atoms with van der Waals surface area (Å²) in [6, 6.07) is 12.8. The molecule has 0 bridgehead atoms. The van der Waals surface area contributed by atoms with Gasteiger partial charge in [-0.1, -0.05) is 18.2 Å².